The number of ketones is 7. The van der Waals surface area contributed by atoms with Gasteiger partial charge in [-0.15, -0.1) is 0 Å². The molecule has 25 heteroatoms. The normalized spacial score (nSPS) is 11.9. The van der Waals surface area contributed by atoms with Crippen molar-refractivity contribution >= 4 is 40.5 Å². The van der Waals surface area contributed by atoms with E-state index in [0.717, 1.165) is 75.0 Å². The molecule has 7 aromatic carbocycles. The number of benzene rings is 7. The van der Waals surface area contributed by atoms with Gasteiger partial charge in [-0.3, -0.25) is 68.4 Å². The van der Waals surface area contributed by atoms with Gasteiger partial charge in [-0.05, 0) is 291 Å². The van der Waals surface area contributed by atoms with Gasteiger partial charge < -0.3 is 54.3 Å². The third-order valence-electron chi connectivity index (χ3n) is 22.7. The molecule has 710 valence electrons. The summed E-state index contributed by atoms with van der Waals surface area (Å²) in [6.07, 6.45) is 25.8. The smallest absolute Gasteiger partial charge is 0.231 e. The van der Waals surface area contributed by atoms with Crippen molar-refractivity contribution in [1.82, 2.24) is 34.9 Å². The van der Waals surface area contributed by atoms with E-state index in [-0.39, 0.29) is 106 Å². The summed E-state index contributed by atoms with van der Waals surface area (Å²) >= 11 is 0. The van der Waals surface area contributed by atoms with E-state index in [1.165, 1.54) is 43.9 Å². The van der Waals surface area contributed by atoms with E-state index < -0.39 is 0 Å². The van der Waals surface area contributed by atoms with Crippen molar-refractivity contribution in [2.45, 2.75) is 162 Å². The largest absolute Gasteiger partial charge is 0.507 e. The molecule has 8 heterocycles. The summed E-state index contributed by atoms with van der Waals surface area (Å²) in [5.74, 6) is 2.85. The van der Waals surface area contributed by atoms with Crippen molar-refractivity contribution < 1.29 is 87.9 Å². The molecule has 14 aromatic rings. The molecule has 0 bridgehead atoms. The Morgan fingerprint density at radius 3 is 1.18 bits per heavy atom. The molecule has 2 saturated carbocycles. The molecular weight excluding hydrogens is 1740 g/mol. The van der Waals surface area contributed by atoms with E-state index in [2.05, 4.69) is 34.9 Å². The zero-order chi connectivity index (χ0) is 97.9. The highest BCUT2D eigenvalue weighted by atomic mass is 16.7. The first-order valence-electron chi connectivity index (χ1n) is 46.0. The van der Waals surface area contributed by atoms with Crippen molar-refractivity contribution in [3.05, 3.63) is 393 Å². The molecule has 3 aliphatic rings. The highest BCUT2D eigenvalue weighted by molar-refractivity contribution is 6.02. The van der Waals surface area contributed by atoms with Crippen molar-refractivity contribution in [3.8, 4) is 63.2 Å². The van der Waals surface area contributed by atoms with E-state index in [0.29, 0.717) is 152 Å². The summed E-state index contributed by atoms with van der Waals surface area (Å²) in [5.41, 5.74) is 12.9. The molecule has 25 nitrogen and oxygen atoms in total. The monoisotopic (exact) mass is 1860 g/mol. The molecule has 0 unspecified atom stereocenters. The molecule has 0 radical (unpaired) electrons. The molecule has 0 amide bonds. The third-order valence-corrected chi connectivity index (χ3v) is 22.7. The topological polar surface area (TPSA) is 377 Å². The predicted octanol–water partition coefficient (Wildman–Crippen LogP) is 21.6. The number of hydrogen-bond acceptors (Lipinski definition) is 25. The summed E-state index contributed by atoms with van der Waals surface area (Å²) in [6, 6.07) is 73.2. The first-order chi connectivity index (χ1) is 66.9. The summed E-state index contributed by atoms with van der Waals surface area (Å²) in [5, 5.41) is 59.3. The predicted molar refractivity (Wildman–Crippen MR) is 526 cm³/mol. The van der Waals surface area contributed by atoms with Crippen LogP contribution in [-0.2, 0) is 44.9 Å². The van der Waals surface area contributed by atoms with Crippen molar-refractivity contribution in [2.75, 3.05) is 20.5 Å². The number of hydrogen-bond donors (Lipinski definition) is 6. The second-order valence-corrected chi connectivity index (χ2v) is 33.2. The lowest BCUT2D eigenvalue weighted by Gasteiger charge is -2.14. The molecule has 2 fully saturated rings. The van der Waals surface area contributed by atoms with Crippen LogP contribution in [0.5, 0.6) is 63.2 Å². The molecule has 7 aromatic heterocycles. The van der Waals surface area contributed by atoms with E-state index in [1.807, 2.05) is 154 Å². The first kappa shape index (κ1) is 103. The minimum absolute atomic E-state index is 0.00785. The van der Waals surface area contributed by atoms with Crippen molar-refractivity contribution in [2.24, 2.45) is 5.92 Å². The van der Waals surface area contributed by atoms with Gasteiger partial charge in [0.1, 0.15) is 46.0 Å². The van der Waals surface area contributed by atoms with Crippen LogP contribution in [0.2, 0.25) is 0 Å². The van der Waals surface area contributed by atoms with Gasteiger partial charge in [0.2, 0.25) is 12.5 Å². The number of phenolic OH excluding ortho intramolecular Hbond substituents is 6. The zero-order valence-corrected chi connectivity index (χ0v) is 78.1. The molecule has 0 atom stereocenters. The maximum Gasteiger partial charge on any atom is 0.231 e. The van der Waals surface area contributed by atoms with E-state index in [9.17, 15) is 64.2 Å². The lowest BCUT2D eigenvalue weighted by atomic mass is 9.99. The highest BCUT2D eigenvalue weighted by Gasteiger charge is 2.26. The zero-order valence-electron chi connectivity index (χ0n) is 78.1. The van der Waals surface area contributed by atoms with Crippen LogP contribution in [0.4, 0.5) is 0 Å². The molecule has 0 saturated heterocycles. The number of aryl methyl sites for hydroxylation is 11. The fourth-order valence-corrected chi connectivity index (χ4v) is 14.8. The Morgan fingerprint density at radius 1 is 0.333 bits per heavy atom. The Morgan fingerprint density at radius 2 is 0.739 bits per heavy atom. The Labute approximate surface area is 803 Å². The van der Waals surface area contributed by atoms with Crippen LogP contribution in [0.1, 0.15) is 218 Å². The van der Waals surface area contributed by atoms with Crippen LogP contribution in [0, 0.1) is 33.6 Å². The van der Waals surface area contributed by atoms with Gasteiger partial charge in [-0.1, -0.05) is 84.9 Å². The van der Waals surface area contributed by atoms with E-state index >= 15 is 0 Å². The number of nitrogens with zero attached hydrogens (tertiary/aromatic N) is 7. The molecule has 138 heavy (non-hydrogen) atoms. The van der Waals surface area contributed by atoms with Gasteiger partial charge in [0.25, 0.3) is 0 Å². The minimum atomic E-state index is -0.147. The van der Waals surface area contributed by atoms with E-state index in [1.54, 1.807) is 154 Å². The van der Waals surface area contributed by atoms with Gasteiger partial charge in [-0.2, -0.15) is 0 Å². The number of carbonyl (C=O) groups is 7. The Hall–Kier alpha value is -15.9. The average Bonchev–Trinajstić information content (AvgIpc) is 1.60. The summed E-state index contributed by atoms with van der Waals surface area (Å²) < 4.78 is 26.9. The molecule has 1 aliphatic heterocycles. The van der Waals surface area contributed by atoms with Crippen LogP contribution in [0.3, 0.4) is 0 Å². The standard InChI is InChI=1S/C19H21NO3.C18H19NO3.C16H17NO2.C15H13NO4.3C15H15NO2/c21-18(11-8-14-5-3-4-12-20-14)17-10-9-16(13-19(17)22)23-15-6-1-2-7-15;20-17(9-6-14-3-1-2-10-19-14)16-8-7-15(11-18(16)21)22-12-13-4-5-13;1-11-9-12(2)16(19)14(10-11)15(18)7-6-13-5-3-4-8-17-13;17-12(6-4-10-3-1-2-8-16-10)11-5-7-13-15(14(11)18)20-9-19-13;1-18-15-8-3-2-7-13(15)14(17)10-9-12-6-4-5-11-16-12;1-11-5-4-10-16-13(11)8-9-15(18)12-6-2-3-7-14(12)17;1-11-6-7-12(16-10-11)8-9-15(18)13-4-2-3-5-14(13)17/h3-5,9-10,12-13,15,22H,1-2,6-8,11H2;1-3,7-8,10-11,13,21H,4-6,9,12H2;3-5,8-10,19H,6-7H2,1-2H3;1-3,5,7-8,18H,4,6,9H2;2-8,11H,9-10H2,1H3;2*2-7,10,17H,8-9H2,1H3. The number of aromatic nitrogens is 7. The molecule has 2 aliphatic carbocycles. The third kappa shape index (κ3) is 33.0. The first-order valence-corrected chi connectivity index (χ1v) is 46.0. The number of aromatic hydroxyl groups is 6. The van der Waals surface area contributed by atoms with E-state index in [4.69, 9.17) is 23.7 Å². The van der Waals surface area contributed by atoms with Gasteiger partial charge in [-0.25, -0.2) is 0 Å². The van der Waals surface area contributed by atoms with Gasteiger partial charge >= 0.3 is 0 Å². The Balaban J connectivity index is 0.000000155. The summed E-state index contributed by atoms with van der Waals surface area (Å²) in [7, 11) is 1.57. The SMILES string of the molecule is COc1ccccc1C(=O)CCc1ccccn1.Cc1cc(C)c(O)c(C(=O)CCc2ccccn2)c1.Cc1ccc(CCC(=O)c2ccccc2O)nc1.Cc1cccnc1CCC(=O)c1ccccc1O.O=C(CCc1ccccn1)c1ccc(OC2CCCC2)cc1O.O=C(CCc1ccccn1)c1ccc(OCC2CC2)cc1O.O=C(CCc1ccccn1)c1ccc2c(c1O)OCO2. The van der Waals surface area contributed by atoms with Crippen LogP contribution in [-0.4, -0.2) is 133 Å². The van der Waals surface area contributed by atoms with Gasteiger partial charge in [0.05, 0.1) is 58.8 Å². The number of para-hydroxylation sites is 3. The van der Waals surface area contributed by atoms with Crippen LogP contribution in [0.15, 0.2) is 292 Å². The number of carbonyl (C=O) groups excluding carboxylic acids is 7. The Bertz CT molecular complexity index is 6320. The summed E-state index contributed by atoms with van der Waals surface area (Å²) in [4.78, 5) is 114. The number of phenols is 6. The second-order valence-electron chi connectivity index (χ2n) is 33.2. The molecular formula is C113H115N7O18. The fraction of sp³-hybridized carbons (Fsp3) is 0.257. The maximum absolute atomic E-state index is 12.3. The van der Waals surface area contributed by atoms with Crippen LogP contribution < -0.4 is 23.7 Å². The number of fused-ring (bicyclic) bond motifs is 1. The highest BCUT2D eigenvalue weighted by Crippen LogP contribution is 2.43. The molecule has 0 spiro atoms. The fourth-order valence-electron chi connectivity index (χ4n) is 14.8. The number of pyridine rings is 7. The number of Topliss-reactive ketones (excluding diaryl/α,β-unsaturated/α-hetero) is 7. The van der Waals surface area contributed by atoms with Gasteiger partial charge in [0, 0.05) is 140 Å². The maximum atomic E-state index is 12.3. The number of rotatable bonds is 34. The van der Waals surface area contributed by atoms with Crippen LogP contribution >= 0.6 is 0 Å². The molecule has 6 N–H and O–H groups in total. The van der Waals surface area contributed by atoms with Crippen LogP contribution in [0.25, 0.3) is 0 Å². The molecule has 17 rings (SSSR count). The number of ether oxygens (including phenoxy) is 5. The quantitative estimate of drug-likeness (QED) is 0.0204. The van der Waals surface area contributed by atoms with Gasteiger partial charge in [0.15, 0.2) is 52.0 Å². The minimum Gasteiger partial charge on any atom is -0.507 e. The second kappa shape index (κ2) is 53.8. The summed E-state index contributed by atoms with van der Waals surface area (Å²) in [6.45, 7) is 8.43. The lowest BCUT2D eigenvalue weighted by molar-refractivity contribution is 0.0971. The van der Waals surface area contributed by atoms with Crippen molar-refractivity contribution in [3.63, 3.8) is 0 Å². The Kier molecular flexibility index (Phi) is 40.0. The number of methoxy groups -OCH3 is 1. The van der Waals surface area contributed by atoms with Crippen molar-refractivity contribution in [1.29, 1.82) is 0 Å². The lowest BCUT2D eigenvalue weighted by Crippen LogP contribution is -2.11. The average molecular weight is 1860 g/mol.